The predicted molar refractivity (Wildman–Crippen MR) is 67.4 cm³/mol. The number of rotatable bonds is 4. The van der Waals surface area contributed by atoms with Crippen LogP contribution in [0.1, 0.15) is 0 Å². The minimum absolute atomic E-state index is 0.313. The maximum absolute atomic E-state index is 13.5. The van der Waals surface area contributed by atoms with Gasteiger partial charge in [-0.05, 0) is 20.7 Å². The van der Waals surface area contributed by atoms with Crippen LogP contribution in [0.4, 0.5) is 8.78 Å². The Morgan fingerprint density at radius 1 is 1.38 bits per heavy atom. The van der Waals surface area contributed by atoms with E-state index in [1.807, 2.05) is 0 Å². The first kappa shape index (κ1) is 12.8. The molecule has 0 bridgehead atoms. The van der Waals surface area contributed by atoms with Crippen molar-refractivity contribution in [1.29, 1.82) is 0 Å². The Kier molecular flexibility index (Phi) is 4.57. The van der Waals surface area contributed by atoms with Crippen molar-refractivity contribution in [3.8, 4) is 0 Å². The van der Waals surface area contributed by atoms with E-state index in [0.29, 0.717) is 10.6 Å². The third-order valence-electron chi connectivity index (χ3n) is 2.13. The minimum atomic E-state index is -1.06. The van der Waals surface area contributed by atoms with Crippen LogP contribution < -0.4 is 5.30 Å². The Bertz CT molecular complexity index is 435. The van der Waals surface area contributed by atoms with Gasteiger partial charge in [-0.2, -0.15) is 0 Å². The molecule has 0 spiro atoms. The van der Waals surface area contributed by atoms with Gasteiger partial charge in [0.2, 0.25) is 0 Å². The molecule has 0 amide bonds. The molecule has 0 aliphatic rings. The number of allylic oxidation sites excluding steroid dienone is 4. The normalized spacial score (nSPS) is 13.3. The van der Waals surface area contributed by atoms with Gasteiger partial charge >= 0.3 is 0 Å². The van der Waals surface area contributed by atoms with Crippen LogP contribution in [0, 0.1) is 5.82 Å². The first-order chi connectivity index (χ1) is 7.57. The molecule has 84 valence electrons. The molecule has 1 rings (SSSR count). The van der Waals surface area contributed by atoms with Crippen LogP contribution >= 0.6 is 7.92 Å². The molecular formula is C13H13F2P. The maximum Gasteiger partial charge on any atom is 0.131 e. The minimum Gasteiger partial charge on any atom is -0.207 e. The molecule has 0 aromatic heterocycles. The average Bonchev–Trinajstić information content (AvgIpc) is 2.25. The van der Waals surface area contributed by atoms with Crippen molar-refractivity contribution < 1.29 is 8.78 Å². The van der Waals surface area contributed by atoms with Crippen LogP contribution in [0.25, 0.3) is 0 Å². The molecule has 0 heterocycles. The number of benzene rings is 1. The molecule has 0 N–H and O–H groups in total. The molecule has 16 heavy (non-hydrogen) atoms. The summed E-state index contributed by atoms with van der Waals surface area (Å²) >= 11 is 0. The smallest absolute Gasteiger partial charge is 0.131 e. The number of hydrogen-bond acceptors (Lipinski definition) is 0. The van der Waals surface area contributed by atoms with Crippen LogP contribution in [-0.2, 0) is 0 Å². The van der Waals surface area contributed by atoms with Crippen LogP contribution in [0.5, 0.6) is 0 Å². The van der Waals surface area contributed by atoms with Gasteiger partial charge in [0, 0.05) is 10.6 Å². The van der Waals surface area contributed by atoms with E-state index in [1.54, 1.807) is 30.9 Å². The summed E-state index contributed by atoms with van der Waals surface area (Å²) in [5.74, 6) is -0.843. The highest BCUT2D eigenvalue weighted by Crippen LogP contribution is 2.44. The summed E-state index contributed by atoms with van der Waals surface area (Å²) in [5.41, 5.74) is 0. The fourth-order valence-corrected chi connectivity index (χ4v) is 3.01. The van der Waals surface area contributed by atoms with Crippen LogP contribution in [0.3, 0.4) is 0 Å². The lowest BCUT2D eigenvalue weighted by molar-refractivity contribution is 0.636. The lowest BCUT2D eigenvalue weighted by Gasteiger charge is -2.15. The molecule has 1 aromatic rings. The second-order valence-corrected chi connectivity index (χ2v) is 5.28. The molecule has 3 heteroatoms. The standard InChI is InChI=1S/C13H13F2P/c1-4-7-12(10(2)14)16(3)13-9-6-5-8-11(13)15/h4-9H,1-2H2,3H3/b12-7+. The zero-order valence-corrected chi connectivity index (χ0v) is 9.98. The van der Waals surface area contributed by atoms with Gasteiger partial charge in [-0.15, -0.1) is 0 Å². The predicted octanol–water partition coefficient (Wildman–Crippen LogP) is 4.12. The second kappa shape index (κ2) is 5.72. The maximum atomic E-state index is 13.5. The van der Waals surface area contributed by atoms with Crippen molar-refractivity contribution in [2.45, 2.75) is 0 Å². The Morgan fingerprint density at radius 3 is 2.50 bits per heavy atom. The molecule has 0 nitrogen and oxygen atoms in total. The average molecular weight is 238 g/mol. The largest absolute Gasteiger partial charge is 0.207 e. The van der Waals surface area contributed by atoms with E-state index >= 15 is 0 Å². The van der Waals surface area contributed by atoms with Crippen molar-refractivity contribution in [1.82, 2.24) is 0 Å². The van der Waals surface area contributed by atoms with E-state index < -0.39 is 13.7 Å². The van der Waals surface area contributed by atoms with Gasteiger partial charge in [-0.1, -0.05) is 43.5 Å². The summed E-state index contributed by atoms with van der Waals surface area (Å²) in [6, 6.07) is 6.40. The lowest BCUT2D eigenvalue weighted by Crippen LogP contribution is -2.06. The molecule has 1 unspecified atom stereocenters. The first-order valence-corrected chi connectivity index (χ1v) is 6.52. The third-order valence-corrected chi connectivity index (χ3v) is 4.33. The molecule has 0 fully saturated rings. The summed E-state index contributed by atoms with van der Waals surface area (Å²) in [4.78, 5) is 0. The van der Waals surface area contributed by atoms with Crippen molar-refractivity contribution in [3.63, 3.8) is 0 Å². The van der Waals surface area contributed by atoms with Crippen LogP contribution in [0.2, 0.25) is 0 Å². The van der Waals surface area contributed by atoms with Gasteiger partial charge in [-0.3, -0.25) is 0 Å². The molecule has 1 atom stereocenters. The summed E-state index contributed by atoms with van der Waals surface area (Å²) in [6.07, 6.45) is 3.03. The van der Waals surface area contributed by atoms with E-state index in [-0.39, 0.29) is 5.82 Å². The van der Waals surface area contributed by atoms with E-state index in [1.165, 1.54) is 12.1 Å². The van der Waals surface area contributed by atoms with E-state index in [2.05, 4.69) is 13.2 Å². The number of hydrogen-bond donors (Lipinski definition) is 0. The molecule has 1 aromatic carbocycles. The third kappa shape index (κ3) is 2.86. The Balaban J connectivity index is 3.14. The summed E-state index contributed by atoms with van der Waals surface area (Å²) in [6.45, 7) is 8.57. The van der Waals surface area contributed by atoms with Gasteiger partial charge < -0.3 is 0 Å². The molecule has 0 aliphatic carbocycles. The van der Waals surface area contributed by atoms with Crippen molar-refractivity contribution in [2.24, 2.45) is 0 Å². The second-order valence-electron chi connectivity index (χ2n) is 3.20. The van der Waals surface area contributed by atoms with E-state index in [4.69, 9.17) is 0 Å². The van der Waals surface area contributed by atoms with Gasteiger partial charge in [0.05, 0.1) is 0 Å². The Morgan fingerprint density at radius 2 is 2.00 bits per heavy atom. The van der Waals surface area contributed by atoms with Crippen LogP contribution in [-0.4, -0.2) is 6.66 Å². The molecule has 0 radical (unpaired) electrons. The highest BCUT2D eigenvalue weighted by molar-refractivity contribution is 7.69. The summed E-state index contributed by atoms with van der Waals surface area (Å²) < 4.78 is 26.7. The first-order valence-electron chi connectivity index (χ1n) is 4.73. The molecule has 0 aliphatic heterocycles. The number of halogens is 2. The zero-order valence-electron chi connectivity index (χ0n) is 9.08. The molecule has 0 saturated carbocycles. The van der Waals surface area contributed by atoms with Gasteiger partial charge in [0.25, 0.3) is 0 Å². The van der Waals surface area contributed by atoms with Crippen molar-refractivity contribution >= 4 is 13.2 Å². The lowest BCUT2D eigenvalue weighted by atomic mass is 10.3. The summed E-state index contributed by atoms with van der Waals surface area (Å²) in [5, 5.41) is 0.930. The summed E-state index contributed by atoms with van der Waals surface area (Å²) in [7, 11) is -1.06. The van der Waals surface area contributed by atoms with Crippen molar-refractivity contribution in [2.75, 3.05) is 6.66 Å². The fraction of sp³-hybridized carbons (Fsp3) is 0.0769. The SMILES string of the molecule is C=C/C=C(\C(=C)F)P(C)c1ccccc1F. The fourth-order valence-electron chi connectivity index (χ4n) is 1.35. The Hall–Kier alpha value is -1.27. The van der Waals surface area contributed by atoms with Gasteiger partial charge in [0.1, 0.15) is 11.6 Å². The van der Waals surface area contributed by atoms with Gasteiger partial charge in [0.15, 0.2) is 0 Å². The highest BCUT2D eigenvalue weighted by Gasteiger charge is 2.16. The van der Waals surface area contributed by atoms with Gasteiger partial charge in [-0.25, -0.2) is 8.78 Å². The van der Waals surface area contributed by atoms with Crippen molar-refractivity contribution in [3.05, 3.63) is 66.5 Å². The van der Waals surface area contributed by atoms with E-state index in [9.17, 15) is 8.78 Å². The van der Waals surface area contributed by atoms with E-state index in [0.717, 1.165) is 0 Å². The zero-order chi connectivity index (χ0) is 12.1. The highest BCUT2D eigenvalue weighted by atomic mass is 31.1. The topological polar surface area (TPSA) is 0 Å². The van der Waals surface area contributed by atoms with Crippen LogP contribution in [0.15, 0.2) is 60.7 Å². The monoisotopic (exact) mass is 238 g/mol. The molecule has 0 saturated heterocycles. The molecular weight excluding hydrogens is 225 g/mol. The Labute approximate surface area is 95.7 Å². The quantitative estimate of drug-likeness (QED) is 0.547.